The van der Waals surface area contributed by atoms with Gasteiger partial charge in [0.2, 0.25) is 0 Å². The second-order valence-corrected chi connectivity index (χ2v) is 3.83. The van der Waals surface area contributed by atoms with Gasteiger partial charge in [0.1, 0.15) is 0 Å². The molecule has 0 fully saturated rings. The first-order valence-electron chi connectivity index (χ1n) is 3.99. The number of anilines is 1. The molecule has 1 heterocycles. The van der Waals surface area contributed by atoms with Crippen LogP contribution in [0, 0.1) is 6.92 Å². The third kappa shape index (κ3) is 1.29. The summed E-state index contributed by atoms with van der Waals surface area (Å²) in [7, 11) is 0. The van der Waals surface area contributed by atoms with Crippen LogP contribution in [0.5, 0.6) is 0 Å². The Morgan fingerprint density at radius 1 is 1.38 bits per heavy atom. The Morgan fingerprint density at radius 2 is 2.15 bits per heavy atom. The molecular weight excluding hydrogens is 228 g/mol. The van der Waals surface area contributed by atoms with E-state index >= 15 is 0 Å². The molecule has 0 atom stereocenters. The molecule has 3 heteroatoms. The van der Waals surface area contributed by atoms with Gasteiger partial charge in [-0.05, 0) is 34.5 Å². The van der Waals surface area contributed by atoms with Crippen LogP contribution in [0.15, 0.2) is 28.9 Å². The molecule has 0 saturated carbocycles. The number of aryl methyl sites for hydroxylation is 1. The maximum atomic E-state index is 5.76. The van der Waals surface area contributed by atoms with Crippen LogP contribution in [-0.2, 0) is 0 Å². The minimum atomic E-state index is 0.741. The lowest BCUT2D eigenvalue weighted by Crippen LogP contribution is -1.92. The van der Waals surface area contributed by atoms with Crippen molar-refractivity contribution in [2.24, 2.45) is 0 Å². The van der Waals surface area contributed by atoms with Crippen molar-refractivity contribution >= 4 is 32.5 Å². The number of hydrogen-bond acceptors (Lipinski definition) is 2. The number of hydrogen-bond donors (Lipinski definition) is 1. The number of rotatable bonds is 0. The van der Waals surface area contributed by atoms with E-state index < -0.39 is 0 Å². The van der Waals surface area contributed by atoms with Crippen LogP contribution in [0.4, 0.5) is 5.69 Å². The van der Waals surface area contributed by atoms with E-state index in [-0.39, 0.29) is 0 Å². The fraction of sp³-hybridized carbons (Fsp3) is 0.100. The molecule has 2 nitrogen and oxygen atoms in total. The predicted octanol–water partition coefficient (Wildman–Crippen LogP) is 2.89. The molecule has 0 radical (unpaired) electrons. The molecule has 0 spiro atoms. The van der Waals surface area contributed by atoms with E-state index in [0.717, 1.165) is 26.6 Å². The zero-order chi connectivity index (χ0) is 9.42. The quantitative estimate of drug-likeness (QED) is 0.765. The van der Waals surface area contributed by atoms with Crippen LogP contribution >= 0.6 is 15.9 Å². The van der Waals surface area contributed by atoms with Gasteiger partial charge >= 0.3 is 0 Å². The van der Waals surface area contributed by atoms with Crippen molar-refractivity contribution in [1.29, 1.82) is 0 Å². The summed E-state index contributed by atoms with van der Waals surface area (Å²) < 4.78 is 1.01. The third-order valence-electron chi connectivity index (χ3n) is 2.16. The number of pyridine rings is 1. The fourth-order valence-electron chi connectivity index (χ4n) is 1.34. The van der Waals surface area contributed by atoms with Crippen molar-refractivity contribution in [1.82, 2.24) is 4.98 Å². The van der Waals surface area contributed by atoms with E-state index in [4.69, 9.17) is 5.73 Å². The van der Waals surface area contributed by atoms with Gasteiger partial charge in [0, 0.05) is 9.86 Å². The normalized spacial score (nSPS) is 10.6. The molecule has 0 aliphatic rings. The molecule has 0 aliphatic heterocycles. The average Bonchev–Trinajstić information content (AvgIpc) is 2.12. The number of aromatic nitrogens is 1. The standard InChI is InChI=1S/C10H9BrN2/c1-6-7-3-2-4-8(11)10(7)13-5-9(6)12/h2-5H,12H2,1H3. The molecule has 66 valence electrons. The van der Waals surface area contributed by atoms with Gasteiger partial charge < -0.3 is 5.73 Å². The highest BCUT2D eigenvalue weighted by Crippen LogP contribution is 2.26. The Kier molecular flexibility index (Phi) is 1.96. The van der Waals surface area contributed by atoms with E-state index in [0.29, 0.717) is 0 Å². The number of nitrogen functional groups attached to an aromatic ring is 1. The molecule has 0 aliphatic carbocycles. The first-order valence-corrected chi connectivity index (χ1v) is 4.79. The van der Waals surface area contributed by atoms with Gasteiger partial charge in [-0.1, -0.05) is 12.1 Å². The second kappa shape index (κ2) is 3.00. The average molecular weight is 237 g/mol. The SMILES string of the molecule is Cc1c(N)cnc2c(Br)cccc12. The highest BCUT2D eigenvalue weighted by atomic mass is 79.9. The van der Waals surface area contributed by atoms with Crippen molar-refractivity contribution in [2.75, 3.05) is 5.73 Å². The number of para-hydroxylation sites is 1. The lowest BCUT2D eigenvalue weighted by molar-refractivity contribution is 1.36. The molecule has 0 unspecified atom stereocenters. The zero-order valence-electron chi connectivity index (χ0n) is 7.21. The smallest absolute Gasteiger partial charge is 0.0848 e. The van der Waals surface area contributed by atoms with Gasteiger partial charge in [-0.15, -0.1) is 0 Å². The number of benzene rings is 1. The minimum absolute atomic E-state index is 0.741. The van der Waals surface area contributed by atoms with Gasteiger partial charge in [0.25, 0.3) is 0 Å². The summed E-state index contributed by atoms with van der Waals surface area (Å²) in [6.07, 6.45) is 1.70. The minimum Gasteiger partial charge on any atom is -0.397 e. The van der Waals surface area contributed by atoms with Crippen molar-refractivity contribution < 1.29 is 0 Å². The summed E-state index contributed by atoms with van der Waals surface area (Å²) in [6, 6.07) is 5.99. The van der Waals surface area contributed by atoms with Crippen LogP contribution in [0.1, 0.15) is 5.56 Å². The molecule has 1 aromatic heterocycles. The van der Waals surface area contributed by atoms with Gasteiger partial charge in [-0.2, -0.15) is 0 Å². The molecule has 1 aromatic carbocycles. The number of fused-ring (bicyclic) bond motifs is 1. The number of nitrogens with two attached hydrogens (primary N) is 1. The summed E-state index contributed by atoms with van der Waals surface area (Å²) in [5, 5.41) is 1.11. The lowest BCUT2D eigenvalue weighted by Gasteiger charge is -2.05. The van der Waals surface area contributed by atoms with Crippen molar-refractivity contribution in [3.8, 4) is 0 Å². The molecule has 2 aromatic rings. The Balaban J connectivity index is 2.94. The summed E-state index contributed by atoms with van der Waals surface area (Å²) in [4.78, 5) is 4.27. The van der Waals surface area contributed by atoms with E-state index in [2.05, 4.69) is 20.9 Å². The summed E-state index contributed by atoms with van der Waals surface area (Å²) in [6.45, 7) is 2.01. The largest absolute Gasteiger partial charge is 0.397 e. The lowest BCUT2D eigenvalue weighted by atomic mass is 10.1. The maximum Gasteiger partial charge on any atom is 0.0848 e. The first kappa shape index (κ1) is 8.51. The Labute approximate surface area is 84.9 Å². The summed E-state index contributed by atoms with van der Waals surface area (Å²) in [5.74, 6) is 0. The van der Waals surface area contributed by atoms with E-state index in [1.165, 1.54) is 0 Å². The number of nitrogens with zero attached hydrogens (tertiary/aromatic N) is 1. The Hall–Kier alpha value is -1.09. The molecule has 2 rings (SSSR count). The molecule has 13 heavy (non-hydrogen) atoms. The highest BCUT2D eigenvalue weighted by molar-refractivity contribution is 9.10. The third-order valence-corrected chi connectivity index (χ3v) is 2.80. The van der Waals surface area contributed by atoms with Crippen LogP contribution in [0.25, 0.3) is 10.9 Å². The number of halogens is 1. The monoisotopic (exact) mass is 236 g/mol. The van der Waals surface area contributed by atoms with Crippen molar-refractivity contribution in [2.45, 2.75) is 6.92 Å². The first-order chi connectivity index (χ1) is 6.20. The Bertz CT molecular complexity index is 466. The van der Waals surface area contributed by atoms with Crippen LogP contribution < -0.4 is 5.73 Å². The second-order valence-electron chi connectivity index (χ2n) is 2.97. The van der Waals surface area contributed by atoms with Gasteiger partial charge in [0.15, 0.2) is 0 Å². The zero-order valence-corrected chi connectivity index (χ0v) is 8.80. The summed E-state index contributed by atoms with van der Waals surface area (Å²) >= 11 is 3.45. The fourth-order valence-corrected chi connectivity index (χ4v) is 1.80. The molecule has 2 N–H and O–H groups in total. The Morgan fingerprint density at radius 3 is 2.92 bits per heavy atom. The molecular formula is C10H9BrN2. The van der Waals surface area contributed by atoms with Gasteiger partial charge in [-0.25, -0.2) is 0 Å². The topological polar surface area (TPSA) is 38.9 Å². The predicted molar refractivity (Wildman–Crippen MR) is 58.6 cm³/mol. The summed E-state index contributed by atoms with van der Waals surface area (Å²) in [5.41, 5.74) is 8.56. The van der Waals surface area contributed by atoms with E-state index in [1.54, 1.807) is 6.20 Å². The highest BCUT2D eigenvalue weighted by Gasteiger charge is 2.03. The van der Waals surface area contributed by atoms with Gasteiger partial charge in [-0.3, -0.25) is 4.98 Å². The van der Waals surface area contributed by atoms with Gasteiger partial charge in [0.05, 0.1) is 17.4 Å². The van der Waals surface area contributed by atoms with E-state index in [9.17, 15) is 0 Å². The van der Waals surface area contributed by atoms with Crippen LogP contribution in [-0.4, -0.2) is 4.98 Å². The van der Waals surface area contributed by atoms with Crippen LogP contribution in [0.3, 0.4) is 0 Å². The maximum absolute atomic E-state index is 5.76. The van der Waals surface area contributed by atoms with E-state index in [1.807, 2.05) is 25.1 Å². The molecule has 0 amide bonds. The van der Waals surface area contributed by atoms with Crippen molar-refractivity contribution in [3.63, 3.8) is 0 Å². The molecule has 0 saturated heterocycles. The van der Waals surface area contributed by atoms with Crippen LogP contribution in [0.2, 0.25) is 0 Å². The molecule has 0 bridgehead atoms. The van der Waals surface area contributed by atoms with Crippen molar-refractivity contribution in [3.05, 3.63) is 34.4 Å².